The van der Waals surface area contributed by atoms with Gasteiger partial charge in [-0.25, -0.2) is 9.97 Å². The molecule has 7 heteroatoms. The van der Waals surface area contributed by atoms with Gasteiger partial charge in [-0.05, 0) is 50.2 Å². The Bertz CT molecular complexity index is 1400. The van der Waals surface area contributed by atoms with Crippen molar-refractivity contribution in [2.45, 2.75) is 13.8 Å². The molecule has 0 radical (unpaired) electrons. The van der Waals surface area contributed by atoms with Gasteiger partial charge in [0, 0.05) is 10.9 Å². The fourth-order valence-electron chi connectivity index (χ4n) is 3.45. The van der Waals surface area contributed by atoms with E-state index in [4.69, 9.17) is 14.1 Å². The number of fused-ring (bicyclic) bond motifs is 1. The van der Waals surface area contributed by atoms with Crippen LogP contribution in [0.15, 0.2) is 77.2 Å². The van der Waals surface area contributed by atoms with Crippen molar-refractivity contribution in [3.05, 3.63) is 78.4 Å². The van der Waals surface area contributed by atoms with Crippen LogP contribution in [0.25, 0.3) is 34.1 Å². The van der Waals surface area contributed by atoms with Crippen molar-refractivity contribution >= 4 is 22.4 Å². The lowest BCUT2D eigenvalue weighted by Crippen LogP contribution is -2.02. The highest BCUT2D eigenvalue weighted by molar-refractivity contribution is 5.92. The Hall–Kier alpha value is -4.26. The van der Waals surface area contributed by atoms with Crippen LogP contribution in [-0.2, 0) is 0 Å². The number of aryl methyl sites for hydroxylation is 1. The van der Waals surface area contributed by atoms with Crippen molar-refractivity contribution in [1.29, 1.82) is 0 Å². The lowest BCUT2D eigenvalue weighted by atomic mass is 10.1. The molecule has 3 aromatic carbocycles. The van der Waals surface area contributed by atoms with Crippen molar-refractivity contribution in [2.24, 2.45) is 0 Å². The summed E-state index contributed by atoms with van der Waals surface area (Å²) in [5.41, 5.74) is 3.55. The number of benzene rings is 3. The van der Waals surface area contributed by atoms with Gasteiger partial charge < -0.3 is 14.5 Å². The third-order valence-corrected chi connectivity index (χ3v) is 4.92. The van der Waals surface area contributed by atoms with E-state index in [1.54, 1.807) is 0 Å². The second kappa shape index (κ2) is 8.47. The van der Waals surface area contributed by atoms with E-state index in [1.807, 2.05) is 86.6 Å². The van der Waals surface area contributed by atoms with E-state index in [0.29, 0.717) is 24.1 Å². The predicted molar refractivity (Wildman–Crippen MR) is 124 cm³/mol. The Morgan fingerprint density at radius 2 is 1.69 bits per heavy atom. The van der Waals surface area contributed by atoms with Gasteiger partial charge >= 0.3 is 0 Å². The monoisotopic (exact) mass is 423 g/mol. The normalized spacial score (nSPS) is 10.9. The first-order chi connectivity index (χ1) is 15.7. The van der Waals surface area contributed by atoms with Gasteiger partial charge in [0.1, 0.15) is 11.6 Å². The summed E-state index contributed by atoms with van der Waals surface area (Å²) in [5, 5.41) is 12.7. The summed E-state index contributed by atoms with van der Waals surface area (Å²) in [6, 6.07) is 23.4. The topological polar surface area (TPSA) is 86.0 Å². The van der Waals surface area contributed by atoms with Crippen molar-refractivity contribution in [2.75, 3.05) is 11.9 Å². The van der Waals surface area contributed by atoms with E-state index in [-0.39, 0.29) is 5.89 Å². The zero-order chi connectivity index (χ0) is 21.9. The Labute approximate surface area is 185 Å². The van der Waals surface area contributed by atoms with Crippen LogP contribution in [0, 0.1) is 6.92 Å². The lowest BCUT2D eigenvalue weighted by Gasteiger charge is -2.13. The van der Waals surface area contributed by atoms with Gasteiger partial charge in [-0.15, -0.1) is 10.2 Å². The van der Waals surface area contributed by atoms with Crippen molar-refractivity contribution < 1.29 is 9.15 Å². The number of aromatic nitrogens is 4. The van der Waals surface area contributed by atoms with E-state index in [0.717, 1.165) is 33.5 Å². The minimum Gasteiger partial charge on any atom is -0.492 e. The zero-order valence-electron chi connectivity index (χ0n) is 17.7. The third-order valence-electron chi connectivity index (χ3n) is 4.92. The number of hydrogen-bond acceptors (Lipinski definition) is 7. The fourth-order valence-corrected chi connectivity index (χ4v) is 3.45. The number of hydrogen-bond donors (Lipinski definition) is 1. The summed E-state index contributed by atoms with van der Waals surface area (Å²) in [7, 11) is 0. The first-order valence-electron chi connectivity index (χ1n) is 10.4. The molecular weight excluding hydrogens is 402 g/mol. The summed E-state index contributed by atoms with van der Waals surface area (Å²) in [6.07, 6.45) is 0. The lowest BCUT2D eigenvalue weighted by molar-refractivity contribution is 0.342. The van der Waals surface area contributed by atoms with Crippen molar-refractivity contribution in [3.63, 3.8) is 0 Å². The van der Waals surface area contributed by atoms with Crippen LogP contribution >= 0.6 is 0 Å². The molecule has 5 aromatic rings. The third kappa shape index (κ3) is 3.88. The van der Waals surface area contributed by atoms with Gasteiger partial charge in [0.05, 0.1) is 17.8 Å². The molecule has 0 aliphatic rings. The Morgan fingerprint density at radius 1 is 0.875 bits per heavy atom. The van der Waals surface area contributed by atoms with Gasteiger partial charge in [0.2, 0.25) is 11.7 Å². The van der Waals surface area contributed by atoms with Crippen LogP contribution in [-0.4, -0.2) is 26.8 Å². The van der Waals surface area contributed by atoms with Gasteiger partial charge in [0.25, 0.3) is 5.89 Å². The molecule has 7 nitrogen and oxygen atoms in total. The standard InChI is InChI=1S/C25H21N5O2/c1-3-31-21-14-7-6-13-20(21)27-22-18-11-4-5-12-19(18)26-23(28-22)25-30-29-24(32-25)17-10-8-9-16(2)15-17/h4-15H,3H2,1-2H3,(H,26,27,28). The molecule has 0 bridgehead atoms. The number of nitrogens with zero attached hydrogens (tertiary/aromatic N) is 4. The second-order valence-corrected chi connectivity index (χ2v) is 7.25. The van der Waals surface area contributed by atoms with Crippen LogP contribution in [0.5, 0.6) is 5.75 Å². The first kappa shape index (κ1) is 19.7. The smallest absolute Gasteiger partial charge is 0.286 e. The Morgan fingerprint density at radius 3 is 2.56 bits per heavy atom. The number of anilines is 2. The van der Waals surface area contributed by atoms with E-state index in [9.17, 15) is 0 Å². The summed E-state index contributed by atoms with van der Waals surface area (Å²) < 4.78 is 11.7. The molecule has 0 aliphatic heterocycles. The molecular formula is C25H21N5O2. The summed E-state index contributed by atoms with van der Waals surface area (Å²) in [4.78, 5) is 9.37. The zero-order valence-corrected chi connectivity index (χ0v) is 17.7. The predicted octanol–water partition coefficient (Wildman–Crippen LogP) is 5.80. The molecule has 1 N–H and O–H groups in total. The SMILES string of the molecule is CCOc1ccccc1Nc1nc(-c2nnc(-c3cccc(C)c3)o2)nc2ccccc12. The maximum absolute atomic E-state index is 5.93. The van der Waals surface area contributed by atoms with Gasteiger partial charge in [-0.3, -0.25) is 0 Å². The quantitative estimate of drug-likeness (QED) is 0.369. The van der Waals surface area contributed by atoms with Crippen LogP contribution in [0.2, 0.25) is 0 Å². The molecule has 0 saturated heterocycles. The Kier molecular flexibility index (Phi) is 5.21. The molecule has 158 valence electrons. The van der Waals surface area contributed by atoms with Crippen LogP contribution in [0.4, 0.5) is 11.5 Å². The molecule has 2 heterocycles. The minimum atomic E-state index is 0.258. The van der Waals surface area contributed by atoms with E-state index >= 15 is 0 Å². The maximum Gasteiger partial charge on any atom is 0.286 e. The molecule has 0 spiro atoms. The van der Waals surface area contributed by atoms with Crippen LogP contribution in [0.3, 0.4) is 0 Å². The molecule has 2 aromatic heterocycles. The minimum absolute atomic E-state index is 0.258. The van der Waals surface area contributed by atoms with Crippen LogP contribution < -0.4 is 10.1 Å². The number of ether oxygens (including phenoxy) is 1. The number of para-hydroxylation sites is 3. The van der Waals surface area contributed by atoms with Gasteiger partial charge in [-0.2, -0.15) is 0 Å². The highest BCUT2D eigenvalue weighted by atomic mass is 16.5. The number of nitrogens with one attached hydrogen (secondary N) is 1. The van der Waals surface area contributed by atoms with Crippen LogP contribution in [0.1, 0.15) is 12.5 Å². The fraction of sp³-hybridized carbons (Fsp3) is 0.120. The van der Waals surface area contributed by atoms with Gasteiger partial charge in [0.15, 0.2) is 0 Å². The molecule has 0 amide bonds. The number of rotatable bonds is 6. The highest BCUT2D eigenvalue weighted by Gasteiger charge is 2.17. The molecule has 0 atom stereocenters. The largest absolute Gasteiger partial charge is 0.492 e. The van der Waals surface area contributed by atoms with Crippen molar-refractivity contribution in [1.82, 2.24) is 20.2 Å². The van der Waals surface area contributed by atoms with E-state index < -0.39 is 0 Å². The second-order valence-electron chi connectivity index (χ2n) is 7.25. The summed E-state index contributed by atoms with van der Waals surface area (Å²) >= 11 is 0. The van der Waals surface area contributed by atoms with E-state index in [1.165, 1.54) is 0 Å². The maximum atomic E-state index is 5.93. The average molecular weight is 423 g/mol. The summed E-state index contributed by atoms with van der Waals surface area (Å²) in [5.74, 6) is 2.42. The molecule has 0 saturated carbocycles. The highest BCUT2D eigenvalue weighted by Crippen LogP contribution is 2.32. The molecule has 0 unspecified atom stereocenters. The summed E-state index contributed by atoms with van der Waals surface area (Å²) in [6.45, 7) is 4.54. The van der Waals surface area contributed by atoms with Crippen molar-refractivity contribution in [3.8, 4) is 28.9 Å². The van der Waals surface area contributed by atoms with E-state index in [2.05, 4.69) is 20.5 Å². The molecule has 5 rings (SSSR count). The van der Waals surface area contributed by atoms with Gasteiger partial charge in [-0.1, -0.05) is 42.0 Å². The molecule has 0 aliphatic carbocycles. The Balaban J connectivity index is 1.58. The first-order valence-corrected chi connectivity index (χ1v) is 10.4. The molecule has 32 heavy (non-hydrogen) atoms. The average Bonchev–Trinajstić information content (AvgIpc) is 3.31. The molecule has 0 fully saturated rings.